The summed E-state index contributed by atoms with van der Waals surface area (Å²) < 4.78 is 23.6. The quantitative estimate of drug-likeness (QED) is 0.542. The third-order valence-corrected chi connectivity index (χ3v) is 8.10. The van der Waals surface area contributed by atoms with Gasteiger partial charge in [-0.2, -0.15) is 0 Å². The molecular weight excluding hydrogens is 378 g/mol. The fourth-order valence-corrected chi connectivity index (χ4v) is 5.91. The molecule has 2 unspecified atom stereocenters. The Morgan fingerprint density at radius 3 is 1.40 bits per heavy atom. The van der Waals surface area contributed by atoms with Crippen LogP contribution in [0.4, 0.5) is 0 Å². The summed E-state index contributed by atoms with van der Waals surface area (Å²) in [5, 5.41) is 0. The highest BCUT2D eigenvalue weighted by Crippen LogP contribution is 2.34. The minimum absolute atomic E-state index is 0.0722. The number of nitrogens with zero attached hydrogens (tertiary/aromatic N) is 1. The zero-order valence-electron chi connectivity index (χ0n) is 19.3. The number of hydrogen-bond donors (Lipinski definition) is 0. The van der Waals surface area contributed by atoms with E-state index in [-0.39, 0.29) is 12.6 Å². The third kappa shape index (κ3) is 6.90. The van der Waals surface area contributed by atoms with Gasteiger partial charge in [0, 0.05) is 25.3 Å². The van der Waals surface area contributed by atoms with E-state index >= 15 is 0 Å². The summed E-state index contributed by atoms with van der Waals surface area (Å²) in [6.07, 6.45) is 17.8. The first-order valence-electron chi connectivity index (χ1n) is 13.0. The van der Waals surface area contributed by atoms with Crippen LogP contribution in [0.25, 0.3) is 0 Å². The number of ether oxygens (including phenoxy) is 4. The maximum absolute atomic E-state index is 6.06. The molecule has 0 N–H and O–H groups in total. The van der Waals surface area contributed by atoms with Crippen molar-refractivity contribution in [3.05, 3.63) is 0 Å². The molecule has 174 valence electrons. The predicted octanol–water partition coefficient (Wildman–Crippen LogP) is 5.12. The van der Waals surface area contributed by atoms with Gasteiger partial charge in [-0.05, 0) is 109 Å². The van der Waals surface area contributed by atoms with Gasteiger partial charge in [0.15, 0.2) is 12.6 Å². The standard InChI is InChI=1S/C25H45NO4/c1-26(22-12-8-20(9-13-22)18-29-24-6-2-4-16-27-24)23-14-10-21(11-15-23)19-30-25-7-3-5-17-28-25/h20-25H,2-19H2,1H3. The second-order valence-electron chi connectivity index (χ2n) is 10.3. The Hall–Kier alpha value is -0.200. The van der Waals surface area contributed by atoms with Crippen molar-refractivity contribution in [2.24, 2.45) is 11.8 Å². The second-order valence-corrected chi connectivity index (χ2v) is 10.3. The molecule has 0 radical (unpaired) electrons. The number of rotatable bonds is 8. The van der Waals surface area contributed by atoms with Gasteiger partial charge in [0.05, 0.1) is 13.2 Å². The van der Waals surface area contributed by atoms with E-state index in [0.29, 0.717) is 0 Å². The Labute approximate surface area is 184 Å². The maximum atomic E-state index is 6.06. The van der Waals surface area contributed by atoms with Gasteiger partial charge in [0.25, 0.3) is 0 Å². The molecule has 5 nitrogen and oxygen atoms in total. The van der Waals surface area contributed by atoms with Crippen LogP contribution < -0.4 is 0 Å². The summed E-state index contributed by atoms with van der Waals surface area (Å²) in [7, 11) is 2.38. The largest absolute Gasteiger partial charge is 0.353 e. The molecule has 0 bridgehead atoms. The van der Waals surface area contributed by atoms with E-state index in [2.05, 4.69) is 11.9 Å². The third-order valence-electron chi connectivity index (χ3n) is 8.10. The van der Waals surface area contributed by atoms with Gasteiger partial charge < -0.3 is 23.8 Å². The highest BCUT2D eigenvalue weighted by Gasteiger charge is 2.31. The molecule has 2 saturated heterocycles. The molecule has 4 fully saturated rings. The highest BCUT2D eigenvalue weighted by molar-refractivity contribution is 4.85. The molecule has 0 aromatic carbocycles. The Kier molecular flexibility index (Phi) is 9.31. The van der Waals surface area contributed by atoms with E-state index < -0.39 is 0 Å². The number of hydrogen-bond acceptors (Lipinski definition) is 5. The summed E-state index contributed by atoms with van der Waals surface area (Å²) >= 11 is 0. The molecule has 30 heavy (non-hydrogen) atoms. The molecule has 2 atom stereocenters. The van der Waals surface area contributed by atoms with Crippen LogP contribution in [0.2, 0.25) is 0 Å². The van der Waals surface area contributed by atoms with Crippen LogP contribution in [0.1, 0.15) is 89.9 Å². The van der Waals surface area contributed by atoms with E-state index in [0.717, 1.165) is 63.2 Å². The first kappa shape index (κ1) is 23.0. The summed E-state index contributed by atoms with van der Waals surface area (Å²) in [5.74, 6) is 1.46. The molecule has 4 aliphatic rings. The zero-order valence-corrected chi connectivity index (χ0v) is 19.3. The lowest BCUT2D eigenvalue weighted by atomic mass is 9.82. The van der Waals surface area contributed by atoms with Crippen LogP contribution in [-0.2, 0) is 18.9 Å². The average Bonchev–Trinajstić information content (AvgIpc) is 2.83. The van der Waals surface area contributed by atoms with E-state index in [1.807, 2.05) is 0 Å². The molecule has 5 heteroatoms. The van der Waals surface area contributed by atoms with Crippen LogP contribution in [-0.4, -0.2) is 63.0 Å². The van der Waals surface area contributed by atoms with Crippen molar-refractivity contribution in [2.45, 2.75) is 115 Å². The van der Waals surface area contributed by atoms with Gasteiger partial charge >= 0.3 is 0 Å². The van der Waals surface area contributed by atoms with E-state index in [1.54, 1.807) is 0 Å². The SMILES string of the molecule is CN(C1CCC(COC2CCCCO2)CC1)C1CCC(COC2CCCCO2)CC1. The molecular formula is C25H45NO4. The molecule has 2 aliphatic heterocycles. The highest BCUT2D eigenvalue weighted by atomic mass is 16.7. The summed E-state index contributed by atoms with van der Waals surface area (Å²) in [6.45, 7) is 3.56. The van der Waals surface area contributed by atoms with Crippen molar-refractivity contribution >= 4 is 0 Å². The fourth-order valence-electron chi connectivity index (χ4n) is 5.91. The van der Waals surface area contributed by atoms with Crippen LogP contribution >= 0.6 is 0 Å². The smallest absolute Gasteiger partial charge is 0.157 e. The Morgan fingerprint density at radius 2 is 1.03 bits per heavy atom. The van der Waals surface area contributed by atoms with Crippen molar-refractivity contribution in [3.63, 3.8) is 0 Å². The Bertz CT molecular complexity index is 420. The fraction of sp³-hybridized carbons (Fsp3) is 1.00. The molecule has 0 spiro atoms. The minimum atomic E-state index is 0.0722. The van der Waals surface area contributed by atoms with E-state index in [1.165, 1.54) is 77.0 Å². The van der Waals surface area contributed by atoms with Crippen molar-refractivity contribution in [1.29, 1.82) is 0 Å². The Balaban J connectivity index is 1.09. The minimum Gasteiger partial charge on any atom is -0.353 e. The van der Waals surface area contributed by atoms with Gasteiger partial charge in [0.1, 0.15) is 0 Å². The van der Waals surface area contributed by atoms with Gasteiger partial charge in [0.2, 0.25) is 0 Å². The molecule has 0 aromatic rings. The molecule has 0 aromatic heterocycles. The monoisotopic (exact) mass is 423 g/mol. The summed E-state index contributed by atoms with van der Waals surface area (Å²) in [5.41, 5.74) is 0. The molecule has 2 heterocycles. The summed E-state index contributed by atoms with van der Waals surface area (Å²) in [4.78, 5) is 2.72. The lowest BCUT2D eigenvalue weighted by Gasteiger charge is -2.42. The molecule has 4 rings (SSSR count). The summed E-state index contributed by atoms with van der Waals surface area (Å²) in [6, 6.07) is 1.53. The molecule has 2 saturated carbocycles. The predicted molar refractivity (Wildman–Crippen MR) is 118 cm³/mol. The first-order chi connectivity index (χ1) is 14.8. The lowest BCUT2D eigenvalue weighted by molar-refractivity contribution is -0.171. The second kappa shape index (κ2) is 12.2. The van der Waals surface area contributed by atoms with E-state index in [9.17, 15) is 0 Å². The van der Waals surface area contributed by atoms with Crippen molar-refractivity contribution in [3.8, 4) is 0 Å². The average molecular weight is 424 g/mol. The Morgan fingerprint density at radius 1 is 0.600 bits per heavy atom. The van der Waals surface area contributed by atoms with Gasteiger partial charge in [-0.25, -0.2) is 0 Å². The van der Waals surface area contributed by atoms with Crippen LogP contribution in [0, 0.1) is 11.8 Å². The van der Waals surface area contributed by atoms with E-state index in [4.69, 9.17) is 18.9 Å². The van der Waals surface area contributed by atoms with Crippen LogP contribution in [0.3, 0.4) is 0 Å². The van der Waals surface area contributed by atoms with Crippen molar-refractivity contribution < 1.29 is 18.9 Å². The normalized spacial score (nSPS) is 38.6. The van der Waals surface area contributed by atoms with Gasteiger partial charge in [-0.3, -0.25) is 0 Å². The maximum Gasteiger partial charge on any atom is 0.157 e. The molecule has 0 amide bonds. The van der Waals surface area contributed by atoms with Gasteiger partial charge in [-0.1, -0.05) is 0 Å². The van der Waals surface area contributed by atoms with Crippen molar-refractivity contribution in [2.75, 3.05) is 33.5 Å². The van der Waals surface area contributed by atoms with Crippen LogP contribution in [0.15, 0.2) is 0 Å². The lowest BCUT2D eigenvalue weighted by Crippen LogP contribution is -2.44. The van der Waals surface area contributed by atoms with Gasteiger partial charge in [-0.15, -0.1) is 0 Å². The topological polar surface area (TPSA) is 40.2 Å². The van der Waals surface area contributed by atoms with Crippen LogP contribution in [0.5, 0.6) is 0 Å². The zero-order chi connectivity index (χ0) is 20.6. The molecule has 2 aliphatic carbocycles. The van der Waals surface area contributed by atoms with Crippen molar-refractivity contribution in [1.82, 2.24) is 4.90 Å². The first-order valence-corrected chi connectivity index (χ1v) is 13.0.